The van der Waals surface area contributed by atoms with Gasteiger partial charge in [0.1, 0.15) is 0 Å². The highest BCUT2D eigenvalue weighted by Crippen LogP contribution is 2.19. The number of carbonyl (C=O) groups is 1. The molecular weight excluding hydrogens is 218 g/mol. The fourth-order valence-electron chi connectivity index (χ4n) is 1.97. The van der Waals surface area contributed by atoms with Crippen LogP contribution in [0.4, 0.5) is 0 Å². The molecule has 4 nitrogen and oxygen atoms in total. The molecule has 1 aromatic carbocycles. The summed E-state index contributed by atoms with van der Waals surface area (Å²) < 4.78 is 0. The number of benzene rings is 1. The van der Waals surface area contributed by atoms with Crippen LogP contribution in [0, 0.1) is 0 Å². The molecule has 4 heteroatoms. The Labute approximate surface area is 100 Å². The number of hydrogen-bond acceptors (Lipinski definition) is 3. The number of aliphatic hydroxyl groups excluding tert-OH is 1. The lowest BCUT2D eigenvalue weighted by Crippen LogP contribution is -2.43. The third-order valence-electron chi connectivity index (χ3n) is 3.09. The summed E-state index contributed by atoms with van der Waals surface area (Å²) in [5, 5.41) is 21.1. The van der Waals surface area contributed by atoms with Crippen LogP contribution in [-0.4, -0.2) is 28.3 Å². The topological polar surface area (TPSA) is 69.6 Å². The van der Waals surface area contributed by atoms with E-state index in [1.165, 1.54) is 0 Å². The lowest BCUT2D eigenvalue weighted by atomic mass is 9.89. The minimum atomic E-state index is -0.806. The van der Waals surface area contributed by atoms with Crippen LogP contribution < -0.4 is 5.32 Å². The van der Waals surface area contributed by atoms with Gasteiger partial charge in [-0.3, -0.25) is 4.79 Å². The first-order chi connectivity index (χ1) is 8.13. The van der Waals surface area contributed by atoms with E-state index < -0.39 is 5.97 Å². The molecule has 0 aliphatic heterocycles. The van der Waals surface area contributed by atoms with Gasteiger partial charge in [-0.1, -0.05) is 24.3 Å². The molecule has 1 aromatic rings. The molecule has 0 amide bonds. The maximum Gasteiger partial charge on any atom is 0.307 e. The van der Waals surface area contributed by atoms with E-state index >= 15 is 0 Å². The molecule has 0 unspecified atom stereocenters. The minimum Gasteiger partial charge on any atom is -0.481 e. The summed E-state index contributed by atoms with van der Waals surface area (Å²) in [5.74, 6) is -0.806. The molecule has 0 bridgehead atoms. The molecule has 1 aliphatic carbocycles. The van der Waals surface area contributed by atoms with Crippen molar-refractivity contribution in [3.05, 3.63) is 35.4 Å². The van der Waals surface area contributed by atoms with Gasteiger partial charge in [0.25, 0.3) is 0 Å². The molecule has 1 saturated carbocycles. The molecule has 92 valence electrons. The second kappa shape index (κ2) is 5.29. The van der Waals surface area contributed by atoms with Crippen molar-refractivity contribution < 1.29 is 15.0 Å². The van der Waals surface area contributed by atoms with Gasteiger partial charge in [0, 0.05) is 12.6 Å². The highest BCUT2D eigenvalue weighted by Gasteiger charge is 2.26. The van der Waals surface area contributed by atoms with E-state index in [1.807, 2.05) is 24.3 Å². The van der Waals surface area contributed by atoms with Crippen molar-refractivity contribution in [1.82, 2.24) is 5.32 Å². The monoisotopic (exact) mass is 235 g/mol. The standard InChI is InChI=1S/C13H17NO3/c15-12-6-11(7-12)14-8-10-3-1-9(2-4-10)5-13(16)17/h1-4,11-12,14-15H,5-8H2,(H,16,17). The van der Waals surface area contributed by atoms with Crippen molar-refractivity contribution in [2.75, 3.05) is 0 Å². The molecule has 2 rings (SSSR count). The van der Waals surface area contributed by atoms with E-state index in [0.717, 1.165) is 30.5 Å². The second-order valence-electron chi connectivity index (χ2n) is 4.59. The van der Waals surface area contributed by atoms with Crippen LogP contribution >= 0.6 is 0 Å². The Morgan fingerprint density at radius 1 is 1.24 bits per heavy atom. The first-order valence-electron chi connectivity index (χ1n) is 5.84. The molecule has 1 fully saturated rings. The molecular formula is C13H17NO3. The number of carboxylic acids is 1. The molecule has 17 heavy (non-hydrogen) atoms. The highest BCUT2D eigenvalue weighted by atomic mass is 16.4. The van der Waals surface area contributed by atoms with E-state index in [4.69, 9.17) is 10.2 Å². The van der Waals surface area contributed by atoms with Crippen LogP contribution in [0.25, 0.3) is 0 Å². The van der Waals surface area contributed by atoms with E-state index in [9.17, 15) is 4.79 Å². The van der Waals surface area contributed by atoms with E-state index in [-0.39, 0.29) is 12.5 Å². The molecule has 0 saturated heterocycles. The fraction of sp³-hybridized carbons (Fsp3) is 0.462. The molecule has 1 aliphatic rings. The van der Waals surface area contributed by atoms with Crippen molar-refractivity contribution in [1.29, 1.82) is 0 Å². The van der Waals surface area contributed by atoms with Crippen LogP contribution in [0.15, 0.2) is 24.3 Å². The summed E-state index contributed by atoms with van der Waals surface area (Å²) in [6, 6.07) is 8.01. The lowest BCUT2D eigenvalue weighted by Gasteiger charge is -2.32. The summed E-state index contributed by atoms with van der Waals surface area (Å²) in [6.45, 7) is 0.769. The minimum absolute atomic E-state index is 0.0720. The number of carboxylic acid groups (broad SMARTS) is 1. The number of hydrogen-bond donors (Lipinski definition) is 3. The molecule has 0 atom stereocenters. The van der Waals surface area contributed by atoms with Gasteiger partial charge in [0.15, 0.2) is 0 Å². The Balaban J connectivity index is 1.79. The quantitative estimate of drug-likeness (QED) is 0.710. The molecule has 0 spiro atoms. The summed E-state index contributed by atoms with van der Waals surface area (Å²) in [6.07, 6.45) is 1.60. The van der Waals surface area contributed by atoms with Crippen molar-refractivity contribution in [2.45, 2.75) is 38.0 Å². The molecule has 0 aromatic heterocycles. The van der Waals surface area contributed by atoms with Gasteiger partial charge in [0.2, 0.25) is 0 Å². The molecule has 0 radical (unpaired) electrons. The Bertz CT molecular complexity index is 382. The largest absolute Gasteiger partial charge is 0.481 e. The Hall–Kier alpha value is -1.39. The zero-order valence-corrected chi connectivity index (χ0v) is 9.60. The highest BCUT2D eigenvalue weighted by molar-refractivity contribution is 5.70. The zero-order valence-electron chi connectivity index (χ0n) is 9.60. The van der Waals surface area contributed by atoms with Gasteiger partial charge in [0.05, 0.1) is 12.5 Å². The van der Waals surface area contributed by atoms with Crippen molar-refractivity contribution in [2.24, 2.45) is 0 Å². The van der Waals surface area contributed by atoms with E-state index in [0.29, 0.717) is 6.04 Å². The van der Waals surface area contributed by atoms with Gasteiger partial charge in [-0.15, -0.1) is 0 Å². The average molecular weight is 235 g/mol. The maximum atomic E-state index is 10.5. The molecule has 0 heterocycles. The Kier molecular flexibility index (Phi) is 3.76. The zero-order chi connectivity index (χ0) is 12.3. The van der Waals surface area contributed by atoms with Gasteiger partial charge >= 0.3 is 5.97 Å². The van der Waals surface area contributed by atoms with Gasteiger partial charge in [-0.2, -0.15) is 0 Å². The summed E-state index contributed by atoms with van der Waals surface area (Å²) >= 11 is 0. The molecule has 3 N–H and O–H groups in total. The predicted molar refractivity (Wildman–Crippen MR) is 63.7 cm³/mol. The first kappa shape index (κ1) is 12.1. The maximum absolute atomic E-state index is 10.5. The average Bonchev–Trinajstić information content (AvgIpc) is 2.24. The van der Waals surface area contributed by atoms with Crippen molar-refractivity contribution >= 4 is 5.97 Å². The van der Waals surface area contributed by atoms with Crippen LogP contribution in [0.1, 0.15) is 24.0 Å². The van der Waals surface area contributed by atoms with Crippen molar-refractivity contribution in [3.8, 4) is 0 Å². The lowest BCUT2D eigenvalue weighted by molar-refractivity contribution is -0.136. The summed E-state index contributed by atoms with van der Waals surface area (Å²) in [4.78, 5) is 10.5. The third kappa shape index (κ3) is 3.54. The first-order valence-corrected chi connectivity index (χ1v) is 5.84. The fourth-order valence-corrected chi connectivity index (χ4v) is 1.97. The van der Waals surface area contributed by atoms with Crippen LogP contribution in [0.5, 0.6) is 0 Å². The van der Waals surface area contributed by atoms with Gasteiger partial charge < -0.3 is 15.5 Å². The third-order valence-corrected chi connectivity index (χ3v) is 3.09. The number of aliphatic carboxylic acids is 1. The number of aliphatic hydroxyl groups is 1. The second-order valence-corrected chi connectivity index (χ2v) is 4.59. The number of rotatable bonds is 5. The van der Waals surface area contributed by atoms with Gasteiger partial charge in [-0.05, 0) is 24.0 Å². The van der Waals surface area contributed by atoms with Gasteiger partial charge in [-0.25, -0.2) is 0 Å². The summed E-state index contributed by atoms with van der Waals surface area (Å²) in [5.41, 5.74) is 1.96. The van der Waals surface area contributed by atoms with Crippen LogP contribution in [0.2, 0.25) is 0 Å². The van der Waals surface area contributed by atoms with Crippen LogP contribution in [-0.2, 0) is 17.8 Å². The van der Waals surface area contributed by atoms with E-state index in [1.54, 1.807) is 0 Å². The Morgan fingerprint density at radius 2 is 1.82 bits per heavy atom. The van der Waals surface area contributed by atoms with E-state index in [2.05, 4.69) is 5.32 Å². The Morgan fingerprint density at radius 3 is 2.35 bits per heavy atom. The summed E-state index contributed by atoms with van der Waals surface area (Å²) in [7, 11) is 0. The predicted octanol–water partition coefficient (Wildman–Crippen LogP) is 0.927. The van der Waals surface area contributed by atoms with Crippen molar-refractivity contribution in [3.63, 3.8) is 0 Å². The SMILES string of the molecule is O=C(O)Cc1ccc(CNC2CC(O)C2)cc1. The normalized spacial score (nSPS) is 23.1. The van der Waals surface area contributed by atoms with Crippen LogP contribution in [0.3, 0.4) is 0 Å². The smallest absolute Gasteiger partial charge is 0.307 e. The number of nitrogens with one attached hydrogen (secondary N) is 1.